The Labute approximate surface area is 238 Å². The Kier molecular flexibility index (Phi) is 6.36. The third-order valence-corrected chi connectivity index (χ3v) is 34.2. The second-order valence-corrected chi connectivity index (χ2v) is 32.4. The van der Waals surface area contributed by atoms with E-state index in [1.165, 1.54) is 0 Å². The van der Waals surface area contributed by atoms with Gasteiger partial charge in [0, 0.05) is 0 Å². The molecule has 0 radical (unpaired) electrons. The Hall–Kier alpha value is -0.473. The number of rotatable bonds is 2. The molecule has 36 heavy (non-hydrogen) atoms. The summed E-state index contributed by atoms with van der Waals surface area (Å²) in [5.41, 5.74) is 1.55. The second-order valence-electron chi connectivity index (χ2n) is 8.31. The maximum atomic E-state index is 13.3. The molecule has 3 aromatic rings. The molecule has 0 aliphatic carbocycles. The van der Waals surface area contributed by atoms with Crippen LogP contribution in [0.3, 0.4) is 0 Å². The molecule has 4 aliphatic heterocycles. The van der Waals surface area contributed by atoms with Gasteiger partial charge in [-0.05, 0) is 0 Å². The zero-order chi connectivity index (χ0) is 24.6. The first-order valence-electron chi connectivity index (χ1n) is 11.1. The van der Waals surface area contributed by atoms with Crippen LogP contribution in [-0.2, 0) is 10.3 Å². The maximum absolute atomic E-state index is 13.3. The van der Waals surface area contributed by atoms with E-state index in [1.54, 1.807) is 12.1 Å². The number of hydrogen-bond donors (Lipinski definition) is 2. The van der Waals surface area contributed by atoms with Gasteiger partial charge in [0.2, 0.25) is 0 Å². The first-order valence-corrected chi connectivity index (χ1v) is 26.7. The van der Waals surface area contributed by atoms with Gasteiger partial charge < -0.3 is 0 Å². The minimum atomic E-state index is -1.76. The van der Waals surface area contributed by atoms with Crippen LogP contribution in [0.5, 0.6) is 23.0 Å². The van der Waals surface area contributed by atoms with E-state index in [0.717, 1.165) is 48.4 Å². The number of phenols is 2. The number of ether oxygens (including phenoxy) is 2. The monoisotopic (exact) mass is 742 g/mol. The summed E-state index contributed by atoms with van der Waals surface area (Å²) in [6.07, 6.45) is 0. The van der Waals surface area contributed by atoms with Crippen molar-refractivity contribution in [2.24, 2.45) is 0 Å². The molecule has 2 fully saturated rings. The Morgan fingerprint density at radius 3 is 2.19 bits per heavy atom. The molecule has 1 atom stereocenters. The van der Waals surface area contributed by atoms with Crippen LogP contribution < -0.4 is 13.4 Å². The SMILES string of the molecule is O=C1OC2(c3ccccc31)c1ccc(O)c([As]3SCCS3)c1Oc1c2cc(Br)c(O)c1[As]1SCCS1. The molecule has 1 spiro atoms. The summed E-state index contributed by atoms with van der Waals surface area (Å²) < 4.78 is 15.5. The van der Waals surface area contributed by atoms with Crippen molar-refractivity contribution in [3.8, 4) is 23.0 Å². The molecular weight excluding hydrogens is 726 g/mol. The molecule has 0 amide bonds. The summed E-state index contributed by atoms with van der Waals surface area (Å²) in [6, 6.07) is 12.9. The van der Waals surface area contributed by atoms with E-state index >= 15 is 0 Å². The summed E-state index contributed by atoms with van der Waals surface area (Å²) in [5.74, 6) is 5.43. The number of phenolic OH excluding ortho intramolecular Hbond substituents is 2. The van der Waals surface area contributed by atoms with Crippen molar-refractivity contribution in [1.29, 1.82) is 0 Å². The Morgan fingerprint density at radius 2 is 1.47 bits per heavy atom. The van der Waals surface area contributed by atoms with Crippen molar-refractivity contribution in [1.82, 2.24) is 0 Å². The number of carbonyl (C=O) groups is 1. The van der Waals surface area contributed by atoms with Crippen molar-refractivity contribution in [2.75, 3.05) is 23.0 Å². The summed E-state index contributed by atoms with van der Waals surface area (Å²) >= 11 is 0.120. The van der Waals surface area contributed by atoms with Gasteiger partial charge in [0.05, 0.1) is 0 Å². The van der Waals surface area contributed by atoms with Gasteiger partial charge in [0.15, 0.2) is 0 Å². The molecule has 7 rings (SSSR count). The molecular formula is C24H17As2BrO5S4. The summed E-state index contributed by atoms with van der Waals surface area (Å²) in [7, 11) is 7.67. The molecule has 5 nitrogen and oxygen atoms in total. The van der Waals surface area contributed by atoms with Gasteiger partial charge in [-0.2, -0.15) is 0 Å². The molecule has 4 heterocycles. The van der Waals surface area contributed by atoms with Gasteiger partial charge in [0.1, 0.15) is 0 Å². The van der Waals surface area contributed by atoms with Crippen molar-refractivity contribution in [3.63, 3.8) is 0 Å². The van der Waals surface area contributed by atoms with Gasteiger partial charge in [-0.15, -0.1) is 0 Å². The number of carbonyl (C=O) groups excluding carboxylic acids is 1. The summed E-state index contributed by atoms with van der Waals surface area (Å²) in [5, 5.41) is 22.4. The number of esters is 1. The third kappa shape index (κ3) is 3.51. The molecule has 12 heteroatoms. The van der Waals surface area contributed by atoms with Crippen LogP contribution in [0, 0.1) is 0 Å². The van der Waals surface area contributed by atoms with Crippen LogP contribution in [0.2, 0.25) is 0 Å². The van der Waals surface area contributed by atoms with Crippen LogP contribution >= 0.6 is 56.0 Å². The van der Waals surface area contributed by atoms with E-state index < -0.39 is 30.3 Å². The number of aromatic hydroxyl groups is 2. The number of halogens is 1. The fourth-order valence-electron chi connectivity index (χ4n) is 4.94. The topological polar surface area (TPSA) is 76.0 Å². The molecule has 4 aliphatic rings. The van der Waals surface area contributed by atoms with E-state index in [1.807, 2.05) is 70.4 Å². The van der Waals surface area contributed by atoms with Gasteiger partial charge in [0.25, 0.3) is 0 Å². The van der Waals surface area contributed by atoms with E-state index in [4.69, 9.17) is 9.47 Å². The predicted molar refractivity (Wildman–Crippen MR) is 156 cm³/mol. The summed E-state index contributed by atoms with van der Waals surface area (Å²) in [6.45, 7) is 0. The molecule has 2 saturated heterocycles. The normalized spacial score (nSPS) is 22.9. The first-order chi connectivity index (χ1) is 17.5. The Bertz CT molecular complexity index is 1440. The van der Waals surface area contributed by atoms with E-state index in [-0.39, 0.29) is 17.5 Å². The molecule has 0 bridgehead atoms. The van der Waals surface area contributed by atoms with E-state index in [2.05, 4.69) is 15.9 Å². The molecule has 0 aromatic heterocycles. The zero-order valence-electron chi connectivity index (χ0n) is 18.4. The molecule has 3 aromatic carbocycles. The molecule has 184 valence electrons. The zero-order valence-corrected chi connectivity index (χ0v) is 27.0. The van der Waals surface area contributed by atoms with Crippen LogP contribution in [0.15, 0.2) is 46.9 Å². The quantitative estimate of drug-likeness (QED) is 0.285. The standard InChI is InChI=1S/C24H17As2BrO5S4/c27-16-11-15-22(19(20(16)29)26-35-9-10-36-26)31-21-14(5-6-17(28)18(21)25-33-7-8-34-25)24(15)13-4-2-1-3-12(13)23(30)32-24/h1-6,11,28-29H,7-10H2. The number of hydrogen-bond acceptors (Lipinski definition) is 9. The first kappa shape index (κ1) is 24.6. The van der Waals surface area contributed by atoms with Gasteiger partial charge in [-0.3, -0.25) is 0 Å². The van der Waals surface area contributed by atoms with E-state index in [0.29, 0.717) is 21.5 Å². The van der Waals surface area contributed by atoms with Crippen LogP contribution in [-0.4, -0.2) is 63.9 Å². The average molecular weight is 743 g/mol. The Balaban J connectivity index is 1.59. The molecule has 2 N–H and O–H groups in total. The van der Waals surface area contributed by atoms with Crippen molar-refractivity contribution in [2.45, 2.75) is 5.60 Å². The number of benzene rings is 3. The third-order valence-electron chi connectivity index (χ3n) is 6.39. The number of fused-ring (bicyclic) bond motifs is 6. The van der Waals surface area contributed by atoms with Crippen LogP contribution in [0.1, 0.15) is 27.0 Å². The van der Waals surface area contributed by atoms with E-state index in [9.17, 15) is 15.0 Å². The minimum absolute atomic E-state index is 0.205. The fraction of sp³-hybridized carbons (Fsp3) is 0.208. The van der Waals surface area contributed by atoms with Gasteiger partial charge in [-0.1, -0.05) is 0 Å². The van der Waals surface area contributed by atoms with Gasteiger partial charge in [-0.25, -0.2) is 0 Å². The van der Waals surface area contributed by atoms with Crippen LogP contribution in [0.4, 0.5) is 0 Å². The van der Waals surface area contributed by atoms with Crippen LogP contribution in [0.25, 0.3) is 0 Å². The average Bonchev–Trinajstić information content (AvgIpc) is 3.64. The Morgan fingerprint density at radius 1 is 0.833 bits per heavy atom. The summed E-state index contributed by atoms with van der Waals surface area (Å²) in [4.78, 5) is 13.3. The second kappa shape index (κ2) is 9.32. The molecule has 0 saturated carbocycles. The van der Waals surface area contributed by atoms with Crippen molar-refractivity contribution >= 4 is 95.4 Å². The predicted octanol–water partition coefficient (Wildman–Crippen LogP) is 4.78. The fourth-order valence-corrected chi connectivity index (χ4v) is 35.3. The van der Waals surface area contributed by atoms with Gasteiger partial charge >= 0.3 is 241 Å². The van der Waals surface area contributed by atoms with Crippen molar-refractivity contribution < 1.29 is 24.5 Å². The van der Waals surface area contributed by atoms with Crippen molar-refractivity contribution in [3.05, 3.63) is 69.2 Å². The molecule has 1 unspecified atom stereocenters.